The first-order chi connectivity index (χ1) is 6.70. The Morgan fingerprint density at radius 1 is 1.21 bits per heavy atom. The van der Waals surface area contributed by atoms with Gasteiger partial charge in [0.1, 0.15) is 0 Å². The molecule has 82 valence electrons. The van der Waals surface area contributed by atoms with E-state index in [1.54, 1.807) is 0 Å². The molecule has 0 N–H and O–H groups in total. The summed E-state index contributed by atoms with van der Waals surface area (Å²) in [6, 6.07) is 3.20. The lowest BCUT2D eigenvalue weighted by atomic mass is 10.2. The molecular weight excluding hydrogens is 174 g/mol. The zero-order valence-electron chi connectivity index (χ0n) is 9.95. The molecule has 0 spiro atoms. The molecule has 0 saturated heterocycles. The molecule has 0 aromatic carbocycles. The van der Waals surface area contributed by atoms with Gasteiger partial charge in [0, 0.05) is 0 Å². The highest BCUT2D eigenvalue weighted by Gasteiger charge is 1.96. The van der Waals surface area contributed by atoms with Gasteiger partial charge >= 0.3 is 0 Å². The molecule has 0 fully saturated rings. The average Bonchev–Trinajstić information content (AvgIpc) is 2.16. The smallest absolute Gasteiger partial charge is 0.0895 e. The Bertz CT molecular complexity index is 177. The molecule has 0 unspecified atom stereocenters. The van der Waals surface area contributed by atoms with Gasteiger partial charge in [0.2, 0.25) is 0 Å². The summed E-state index contributed by atoms with van der Waals surface area (Å²) in [5, 5.41) is 0. The average molecular weight is 197 g/mol. The van der Waals surface area contributed by atoms with E-state index in [1.165, 1.54) is 0 Å². The van der Waals surface area contributed by atoms with Gasteiger partial charge in [-0.15, -0.1) is 0 Å². The van der Waals surface area contributed by atoms with Crippen LogP contribution in [0.3, 0.4) is 0 Å². The zero-order valence-corrected chi connectivity index (χ0v) is 9.95. The van der Waals surface area contributed by atoms with Gasteiger partial charge in [-0.1, -0.05) is 13.8 Å². The van der Waals surface area contributed by atoms with Gasteiger partial charge in [0.25, 0.3) is 0 Å². The van der Waals surface area contributed by atoms with E-state index in [1.807, 2.05) is 0 Å². The van der Waals surface area contributed by atoms with Gasteiger partial charge < -0.3 is 4.90 Å². The summed E-state index contributed by atoms with van der Waals surface area (Å²) in [4.78, 5) is 10.5. The minimum Gasteiger partial charge on any atom is -0.309 e. The SMILES string of the molecule is CCC(CC)N=C=NCCCN(C)C. The first kappa shape index (κ1) is 13.3. The topological polar surface area (TPSA) is 28.0 Å². The van der Waals surface area contributed by atoms with Crippen LogP contribution in [-0.2, 0) is 0 Å². The maximum atomic E-state index is 4.25. The van der Waals surface area contributed by atoms with Crippen molar-refractivity contribution >= 4 is 6.01 Å². The number of hydrogen-bond acceptors (Lipinski definition) is 3. The Hall–Kier alpha value is -0.660. The fourth-order valence-electron chi connectivity index (χ4n) is 1.11. The molecule has 0 aromatic heterocycles. The van der Waals surface area contributed by atoms with Crippen LogP contribution < -0.4 is 0 Å². The molecule has 3 nitrogen and oxygen atoms in total. The standard InChI is InChI=1S/C11H23N3/c1-5-11(6-2)13-10-12-8-7-9-14(3)4/h11H,5-9H2,1-4H3. The van der Waals surface area contributed by atoms with Crippen molar-refractivity contribution in [3.63, 3.8) is 0 Å². The van der Waals surface area contributed by atoms with Gasteiger partial charge in [0.05, 0.1) is 18.6 Å². The molecule has 0 bridgehead atoms. The maximum Gasteiger partial charge on any atom is 0.0895 e. The van der Waals surface area contributed by atoms with Gasteiger partial charge in [-0.25, -0.2) is 9.98 Å². The summed E-state index contributed by atoms with van der Waals surface area (Å²) in [5.74, 6) is 0. The van der Waals surface area contributed by atoms with Crippen molar-refractivity contribution < 1.29 is 0 Å². The molecule has 14 heavy (non-hydrogen) atoms. The van der Waals surface area contributed by atoms with Crippen LogP contribution in [0, 0.1) is 0 Å². The summed E-state index contributed by atoms with van der Waals surface area (Å²) in [6.45, 7) is 6.20. The van der Waals surface area contributed by atoms with E-state index < -0.39 is 0 Å². The predicted molar refractivity (Wildman–Crippen MR) is 62.3 cm³/mol. The van der Waals surface area contributed by atoms with Crippen molar-refractivity contribution in [2.45, 2.75) is 39.2 Å². The Kier molecular flexibility index (Phi) is 8.50. The second kappa shape index (κ2) is 8.92. The summed E-state index contributed by atoms with van der Waals surface area (Å²) in [5.41, 5.74) is 0. The van der Waals surface area contributed by atoms with Crippen LogP contribution in [-0.4, -0.2) is 44.1 Å². The molecule has 3 heteroatoms. The van der Waals surface area contributed by atoms with E-state index in [4.69, 9.17) is 0 Å². The largest absolute Gasteiger partial charge is 0.309 e. The van der Waals surface area contributed by atoms with Gasteiger partial charge in [0.15, 0.2) is 0 Å². The van der Waals surface area contributed by atoms with E-state index in [2.05, 4.69) is 48.8 Å². The van der Waals surface area contributed by atoms with Crippen molar-refractivity contribution in [1.82, 2.24) is 4.90 Å². The molecule has 0 heterocycles. The first-order valence-corrected chi connectivity index (χ1v) is 5.46. The van der Waals surface area contributed by atoms with Crippen LogP contribution in [0.5, 0.6) is 0 Å². The lowest BCUT2D eigenvalue weighted by molar-refractivity contribution is 0.403. The van der Waals surface area contributed by atoms with E-state index in [0.717, 1.165) is 32.4 Å². The molecule has 0 aliphatic heterocycles. The summed E-state index contributed by atoms with van der Waals surface area (Å²) >= 11 is 0. The van der Waals surface area contributed by atoms with E-state index in [9.17, 15) is 0 Å². The van der Waals surface area contributed by atoms with Crippen molar-refractivity contribution in [2.75, 3.05) is 27.2 Å². The van der Waals surface area contributed by atoms with Crippen molar-refractivity contribution in [2.24, 2.45) is 9.98 Å². The summed E-state index contributed by atoms with van der Waals surface area (Å²) in [7, 11) is 4.14. The molecule has 0 aliphatic rings. The number of rotatable bonds is 7. The highest BCUT2D eigenvalue weighted by atomic mass is 15.0. The van der Waals surface area contributed by atoms with E-state index in [-0.39, 0.29) is 0 Å². The zero-order chi connectivity index (χ0) is 10.8. The number of nitrogens with zero attached hydrogens (tertiary/aromatic N) is 3. The molecular formula is C11H23N3. The lowest BCUT2D eigenvalue weighted by Gasteiger charge is -2.06. The fraction of sp³-hybridized carbons (Fsp3) is 0.909. The number of aliphatic imine (C=N–C) groups is 2. The highest BCUT2D eigenvalue weighted by Crippen LogP contribution is 1.99. The third kappa shape index (κ3) is 7.96. The van der Waals surface area contributed by atoms with Crippen molar-refractivity contribution in [3.05, 3.63) is 0 Å². The van der Waals surface area contributed by atoms with E-state index in [0.29, 0.717) is 6.04 Å². The van der Waals surface area contributed by atoms with Crippen molar-refractivity contribution in [1.29, 1.82) is 0 Å². The first-order valence-electron chi connectivity index (χ1n) is 5.46. The molecule has 0 amide bonds. The van der Waals surface area contributed by atoms with Crippen LogP contribution in [0.2, 0.25) is 0 Å². The minimum absolute atomic E-state index is 0.410. The van der Waals surface area contributed by atoms with Crippen LogP contribution in [0.1, 0.15) is 33.1 Å². The Morgan fingerprint density at radius 3 is 2.36 bits per heavy atom. The maximum absolute atomic E-state index is 4.25. The van der Waals surface area contributed by atoms with Crippen LogP contribution in [0.25, 0.3) is 0 Å². The third-order valence-electron chi connectivity index (χ3n) is 2.13. The van der Waals surface area contributed by atoms with Gasteiger partial charge in [-0.3, -0.25) is 0 Å². The Balaban J connectivity index is 3.59. The van der Waals surface area contributed by atoms with Crippen LogP contribution in [0.15, 0.2) is 9.98 Å². The third-order valence-corrected chi connectivity index (χ3v) is 2.13. The summed E-state index contributed by atoms with van der Waals surface area (Å²) in [6.07, 6.45) is 3.24. The molecule has 0 rings (SSSR count). The Morgan fingerprint density at radius 2 is 1.86 bits per heavy atom. The van der Waals surface area contributed by atoms with Crippen molar-refractivity contribution in [3.8, 4) is 0 Å². The molecule has 0 radical (unpaired) electrons. The van der Waals surface area contributed by atoms with E-state index >= 15 is 0 Å². The lowest BCUT2D eigenvalue weighted by Crippen LogP contribution is -2.13. The van der Waals surface area contributed by atoms with Gasteiger partial charge in [-0.2, -0.15) is 0 Å². The predicted octanol–water partition coefficient (Wildman–Crippen LogP) is 2.30. The quantitative estimate of drug-likeness (QED) is 0.454. The highest BCUT2D eigenvalue weighted by molar-refractivity contribution is 5.41. The monoisotopic (exact) mass is 197 g/mol. The molecule has 0 atom stereocenters. The second-order valence-corrected chi connectivity index (χ2v) is 3.74. The van der Waals surface area contributed by atoms with Gasteiger partial charge in [-0.05, 0) is 39.9 Å². The van der Waals surface area contributed by atoms with Crippen LogP contribution in [0.4, 0.5) is 0 Å². The number of hydrogen-bond donors (Lipinski definition) is 0. The molecule has 0 aromatic rings. The van der Waals surface area contributed by atoms with Crippen LogP contribution >= 0.6 is 0 Å². The second-order valence-electron chi connectivity index (χ2n) is 3.74. The molecule has 0 saturated carbocycles. The normalized spacial score (nSPS) is 10.4. The fourth-order valence-corrected chi connectivity index (χ4v) is 1.11. The Labute approximate surface area is 87.9 Å². The minimum atomic E-state index is 0.410. The summed E-state index contributed by atoms with van der Waals surface area (Å²) < 4.78 is 0. The molecule has 0 aliphatic carbocycles.